The Hall–Kier alpha value is -3.40. The number of H-pyrrole nitrogens is 1. The molecule has 0 spiro atoms. The van der Waals surface area contributed by atoms with E-state index in [4.69, 9.17) is 15.2 Å². The number of benzene rings is 1. The molecule has 0 radical (unpaired) electrons. The highest BCUT2D eigenvalue weighted by atomic mass is 16.5. The fourth-order valence-electron chi connectivity index (χ4n) is 2.88. The van der Waals surface area contributed by atoms with Crippen molar-refractivity contribution in [2.24, 2.45) is 0 Å². The van der Waals surface area contributed by atoms with Crippen molar-refractivity contribution >= 4 is 23.4 Å². The second-order valence-electron chi connectivity index (χ2n) is 6.41. The molecule has 3 N–H and O–H groups in total. The molecule has 0 aliphatic heterocycles. The summed E-state index contributed by atoms with van der Waals surface area (Å²) in [6, 6.07) is 9.08. The number of ether oxygens (including phenoxy) is 2. The van der Waals surface area contributed by atoms with Crippen molar-refractivity contribution in [1.82, 2.24) is 9.55 Å². The van der Waals surface area contributed by atoms with Gasteiger partial charge in [0.2, 0.25) is 5.91 Å². The van der Waals surface area contributed by atoms with E-state index in [9.17, 15) is 19.2 Å². The van der Waals surface area contributed by atoms with Crippen LogP contribution in [0.5, 0.6) is 0 Å². The van der Waals surface area contributed by atoms with Crippen LogP contribution in [-0.4, -0.2) is 48.3 Å². The maximum Gasteiger partial charge on any atom is 0.330 e. The summed E-state index contributed by atoms with van der Waals surface area (Å²) in [6.45, 7) is 2.14. The number of hydrogen-bond donors (Lipinski definition) is 2. The number of esters is 1. The first kappa shape index (κ1) is 22.9. The van der Waals surface area contributed by atoms with Gasteiger partial charge in [0, 0.05) is 20.1 Å². The maximum atomic E-state index is 12.8. The number of hydrogen-bond acceptors (Lipinski definition) is 7. The SMILES string of the molecule is CCOC(=O)CCC(=O)N(CCOC)c1c(N)n(Cc2ccccc2)c(=O)[nH]c1=O. The molecule has 30 heavy (non-hydrogen) atoms. The Balaban J connectivity index is 2.40. The third kappa shape index (κ3) is 5.80. The molecule has 1 amide bonds. The normalized spacial score (nSPS) is 10.6. The minimum atomic E-state index is -0.789. The highest BCUT2D eigenvalue weighted by molar-refractivity contribution is 5.96. The lowest BCUT2D eigenvalue weighted by Crippen LogP contribution is -2.42. The van der Waals surface area contributed by atoms with Crippen LogP contribution >= 0.6 is 0 Å². The molecule has 1 heterocycles. The van der Waals surface area contributed by atoms with E-state index in [-0.39, 0.29) is 50.7 Å². The molecule has 0 saturated carbocycles. The summed E-state index contributed by atoms with van der Waals surface area (Å²) in [7, 11) is 1.45. The quantitative estimate of drug-likeness (QED) is 0.536. The highest BCUT2D eigenvalue weighted by Crippen LogP contribution is 2.19. The van der Waals surface area contributed by atoms with E-state index in [0.717, 1.165) is 10.5 Å². The second kappa shape index (κ2) is 11.0. The summed E-state index contributed by atoms with van der Waals surface area (Å²) in [6.07, 6.45) is -0.323. The van der Waals surface area contributed by atoms with Gasteiger partial charge in [-0.25, -0.2) is 4.79 Å². The zero-order valence-electron chi connectivity index (χ0n) is 17.1. The lowest BCUT2D eigenvalue weighted by molar-refractivity contribution is -0.144. The van der Waals surface area contributed by atoms with Crippen LogP contribution in [-0.2, 0) is 25.6 Å². The van der Waals surface area contributed by atoms with Crippen LogP contribution in [0.15, 0.2) is 39.9 Å². The van der Waals surface area contributed by atoms with Gasteiger partial charge in [-0.3, -0.25) is 23.9 Å². The molecule has 0 unspecified atom stereocenters. The van der Waals surface area contributed by atoms with E-state index < -0.39 is 23.1 Å². The van der Waals surface area contributed by atoms with Gasteiger partial charge < -0.3 is 20.1 Å². The third-order valence-corrected chi connectivity index (χ3v) is 4.34. The summed E-state index contributed by atoms with van der Waals surface area (Å²) in [5.41, 5.74) is 5.33. The Labute approximate surface area is 173 Å². The molecule has 10 nitrogen and oxygen atoms in total. The van der Waals surface area contributed by atoms with Crippen LogP contribution in [0, 0.1) is 0 Å². The van der Waals surface area contributed by atoms with Gasteiger partial charge >= 0.3 is 11.7 Å². The van der Waals surface area contributed by atoms with E-state index in [1.54, 1.807) is 6.92 Å². The fraction of sp³-hybridized carbons (Fsp3) is 0.400. The number of aromatic nitrogens is 2. The van der Waals surface area contributed by atoms with Crippen molar-refractivity contribution < 1.29 is 19.1 Å². The number of amides is 1. The largest absolute Gasteiger partial charge is 0.466 e. The molecule has 0 atom stereocenters. The van der Waals surface area contributed by atoms with Crippen molar-refractivity contribution in [3.05, 3.63) is 56.7 Å². The molecule has 1 aromatic heterocycles. The van der Waals surface area contributed by atoms with Gasteiger partial charge in [-0.2, -0.15) is 0 Å². The van der Waals surface area contributed by atoms with Crippen LogP contribution in [0.25, 0.3) is 0 Å². The van der Waals surface area contributed by atoms with Gasteiger partial charge in [0.1, 0.15) is 5.82 Å². The van der Waals surface area contributed by atoms with Gasteiger partial charge in [0.25, 0.3) is 5.56 Å². The molecule has 0 fully saturated rings. The fourth-order valence-corrected chi connectivity index (χ4v) is 2.88. The first-order valence-corrected chi connectivity index (χ1v) is 9.50. The van der Waals surface area contributed by atoms with Gasteiger partial charge in [0.15, 0.2) is 5.69 Å². The van der Waals surface area contributed by atoms with Crippen LogP contribution in [0.2, 0.25) is 0 Å². The number of methoxy groups -OCH3 is 1. The summed E-state index contributed by atoms with van der Waals surface area (Å²) < 4.78 is 11.1. The number of carbonyl (C=O) groups is 2. The first-order chi connectivity index (χ1) is 14.4. The number of nitrogens with zero attached hydrogens (tertiary/aromatic N) is 2. The third-order valence-electron chi connectivity index (χ3n) is 4.34. The summed E-state index contributed by atoms with van der Waals surface area (Å²) in [4.78, 5) is 52.6. The molecule has 0 aliphatic rings. The number of nitrogens with two attached hydrogens (primary N) is 1. The minimum Gasteiger partial charge on any atom is -0.466 e. The number of nitrogens with one attached hydrogen (secondary N) is 1. The monoisotopic (exact) mass is 418 g/mol. The van der Waals surface area contributed by atoms with E-state index >= 15 is 0 Å². The Morgan fingerprint density at radius 1 is 1.17 bits per heavy atom. The van der Waals surface area contributed by atoms with Crippen LogP contribution in [0.1, 0.15) is 25.3 Å². The molecule has 0 saturated heterocycles. The van der Waals surface area contributed by atoms with Gasteiger partial charge in [-0.1, -0.05) is 30.3 Å². The Morgan fingerprint density at radius 2 is 1.87 bits per heavy atom. The lowest BCUT2D eigenvalue weighted by Gasteiger charge is -2.24. The number of aromatic amines is 1. The van der Waals surface area contributed by atoms with Gasteiger partial charge in [-0.05, 0) is 12.5 Å². The van der Waals surface area contributed by atoms with Gasteiger partial charge in [-0.15, -0.1) is 0 Å². The Bertz CT molecular complexity index is 983. The lowest BCUT2D eigenvalue weighted by atomic mass is 10.2. The van der Waals surface area contributed by atoms with E-state index in [0.29, 0.717) is 0 Å². The van der Waals surface area contributed by atoms with Crippen molar-refractivity contribution in [1.29, 1.82) is 0 Å². The zero-order valence-corrected chi connectivity index (χ0v) is 17.1. The van der Waals surface area contributed by atoms with Crippen LogP contribution in [0.4, 0.5) is 11.5 Å². The van der Waals surface area contributed by atoms with Crippen LogP contribution < -0.4 is 21.9 Å². The Morgan fingerprint density at radius 3 is 2.50 bits per heavy atom. The molecular weight excluding hydrogens is 392 g/mol. The van der Waals surface area contributed by atoms with Crippen molar-refractivity contribution in [2.45, 2.75) is 26.3 Å². The van der Waals surface area contributed by atoms with Crippen molar-refractivity contribution in [3.63, 3.8) is 0 Å². The highest BCUT2D eigenvalue weighted by Gasteiger charge is 2.24. The van der Waals surface area contributed by atoms with E-state index in [1.165, 1.54) is 11.7 Å². The summed E-state index contributed by atoms with van der Waals surface area (Å²) in [5.74, 6) is -1.18. The molecule has 10 heteroatoms. The van der Waals surface area contributed by atoms with Crippen molar-refractivity contribution in [2.75, 3.05) is 37.5 Å². The van der Waals surface area contributed by atoms with Gasteiger partial charge in [0.05, 0.1) is 26.2 Å². The molecule has 2 rings (SSSR count). The minimum absolute atomic E-state index is 0.0228. The van der Waals surface area contributed by atoms with E-state index in [2.05, 4.69) is 4.98 Å². The average molecular weight is 418 g/mol. The topological polar surface area (TPSA) is 137 Å². The number of rotatable bonds is 10. The number of nitrogen functional groups attached to an aromatic ring is 1. The van der Waals surface area contributed by atoms with E-state index in [1.807, 2.05) is 30.3 Å². The first-order valence-electron chi connectivity index (χ1n) is 9.50. The van der Waals surface area contributed by atoms with Crippen LogP contribution in [0.3, 0.4) is 0 Å². The molecular formula is C20H26N4O6. The second-order valence-corrected chi connectivity index (χ2v) is 6.41. The Kier molecular flexibility index (Phi) is 8.36. The summed E-state index contributed by atoms with van der Waals surface area (Å²) >= 11 is 0. The maximum absolute atomic E-state index is 12.8. The molecule has 162 valence electrons. The molecule has 0 aliphatic carbocycles. The predicted octanol–water partition coefficient (Wildman–Crippen LogP) is 0.490. The summed E-state index contributed by atoms with van der Waals surface area (Å²) in [5, 5.41) is 0. The smallest absolute Gasteiger partial charge is 0.330 e. The number of anilines is 2. The number of carbonyl (C=O) groups excluding carboxylic acids is 2. The standard InChI is InChI=1S/C20H26N4O6/c1-3-30-16(26)10-9-15(25)23(11-12-29-2)17-18(21)24(20(28)22-19(17)27)13-14-7-5-4-6-8-14/h4-8H,3,9-13,21H2,1-2H3,(H,22,27,28). The van der Waals surface area contributed by atoms with Crippen molar-refractivity contribution in [3.8, 4) is 0 Å². The molecule has 1 aromatic carbocycles. The average Bonchev–Trinajstić information content (AvgIpc) is 2.72. The zero-order chi connectivity index (χ0) is 22.1. The molecule has 0 bridgehead atoms. The predicted molar refractivity (Wildman–Crippen MR) is 111 cm³/mol. The molecule has 2 aromatic rings.